The maximum absolute atomic E-state index is 12.2. The van der Waals surface area contributed by atoms with Crippen LogP contribution in [-0.4, -0.2) is 24.1 Å². The van der Waals surface area contributed by atoms with Crippen molar-refractivity contribution < 1.29 is 19.1 Å². The van der Waals surface area contributed by atoms with Crippen LogP contribution in [0.4, 0.5) is 5.69 Å². The molecule has 0 saturated carbocycles. The predicted molar refractivity (Wildman–Crippen MR) is 104 cm³/mol. The fourth-order valence-electron chi connectivity index (χ4n) is 2.26. The first-order chi connectivity index (χ1) is 12.5. The number of hydrogen-bond donors (Lipinski definition) is 1. The zero-order valence-corrected chi connectivity index (χ0v) is 16.3. The Morgan fingerprint density at radius 3 is 2.19 bits per heavy atom. The predicted octanol–water partition coefficient (Wildman–Crippen LogP) is 4.94. The van der Waals surface area contributed by atoms with Gasteiger partial charge in [-0.2, -0.15) is 0 Å². The molecule has 0 atom stereocenters. The van der Waals surface area contributed by atoms with Crippen molar-refractivity contribution in [2.45, 2.75) is 52.9 Å². The third-order valence-electron chi connectivity index (χ3n) is 3.58. The van der Waals surface area contributed by atoms with Crippen LogP contribution in [0.3, 0.4) is 0 Å². The number of esters is 1. The van der Waals surface area contributed by atoms with E-state index in [0.29, 0.717) is 44.4 Å². The average molecular weight is 380 g/mol. The monoisotopic (exact) mass is 379 g/mol. The third kappa shape index (κ3) is 6.30. The molecule has 0 aliphatic rings. The first-order valence-electron chi connectivity index (χ1n) is 8.94. The Labute approximate surface area is 159 Å². The first-order valence-corrected chi connectivity index (χ1v) is 9.32. The molecule has 1 aromatic carbocycles. The molecular weight excluding hydrogens is 354 g/mol. The summed E-state index contributed by atoms with van der Waals surface area (Å²) in [7, 11) is 0. The van der Waals surface area contributed by atoms with Crippen LogP contribution in [0.5, 0.6) is 0 Å². The second-order valence-corrected chi connectivity index (χ2v) is 6.23. The lowest BCUT2D eigenvalue weighted by Gasteiger charge is -2.11. The Bertz CT molecular complexity index is 662. The third-order valence-corrected chi connectivity index (χ3v) is 3.99. The lowest BCUT2D eigenvalue weighted by atomic mass is 10.0. The van der Waals surface area contributed by atoms with Crippen molar-refractivity contribution >= 4 is 34.8 Å². The van der Waals surface area contributed by atoms with E-state index in [0.717, 1.165) is 0 Å². The highest BCUT2D eigenvalue weighted by Gasteiger charge is 2.18. The topological polar surface area (TPSA) is 72.5 Å². The summed E-state index contributed by atoms with van der Waals surface area (Å²) in [6.45, 7) is 5.98. The number of hydrogen-bond acceptors (Lipinski definition) is 5. The molecule has 0 heterocycles. The molecule has 0 amide bonds. The summed E-state index contributed by atoms with van der Waals surface area (Å²) in [6, 6.07) is 4.90. The number of benzene rings is 1. The number of Topliss-reactive ketones (excluding diaryl/α,β-unsaturated/α-hetero) is 2. The largest absolute Gasteiger partial charge is 0.462 e. The Balaban J connectivity index is 3.07. The molecule has 0 bridgehead atoms. The van der Waals surface area contributed by atoms with Gasteiger partial charge in [-0.15, -0.1) is 0 Å². The van der Waals surface area contributed by atoms with Gasteiger partial charge in [-0.1, -0.05) is 38.4 Å². The molecule has 142 valence electrons. The van der Waals surface area contributed by atoms with Crippen molar-refractivity contribution in [3.05, 3.63) is 40.6 Å². The van der Waals surface area contributed by atoms with E-state index in [-0.39, 0.29) is 27.7 Å². The minimum Gasteiger partial charge on any atom is -0.462 e. The Kier molecular flexibility index (Phi) is 9.66. The number of ether oxygens (including phenoxy) is 1. The number of ketones is 2. The molecule has 0 fully saturated rings. The zero-order chi connectivity index (χ0) is 19.5. The van der Waals surface area contributed by atoms with Crippen LogP contribution in [0, 0.1) is 0 Å². The van der Waals surface area contributed by atoms with Gasteiger partial charge in [0, 0.05) is 19.0 Å². The van der Waals surface area contributed by atoms with Crippen LogP contribution >= 0.6 is 11.6 Å². The molecule has 1 rings (SSSR count). The number of carbonyl (C=O) groups excluding carboxylic acids is 3. The molecule has 0 spiro atoms. The highest BCUT2D eigenvalue weighted by molar-refractivity contribution is 6.36. The molecule has 0 unspecified atom stereocenters. The van der Waals surface area contributed by atoms with E-state index in [1.807, 2.05) is 20.8 Å². The van der Waals surface area contributed by atoms with Crippen molar-refractivity contribution in [2.24, 2.45) is 0 Å². The van der Waals surface area contributed by atoms with E-state index in [1.165, 1.54) is 6.20 Å². The number of rotatable bonds is 11. The zero-order valence-electron chi connectivity index (χ0n) is 15.6. The highest BCUT2D eigenvalue weighted by Crippen LogP contribution is 2.27. The number of allylic oxidation sites excluding steroid dienone is 1. The van der Waals surface area contributed by atoms with Crippen molar-refractivity contribution in [3.63, 3.8) is 0 Å². The SMILES string of the molecule is CCCOC(=O)c1cccc(NC=C(C(=O)CCC)C(=O)CCC)c1Cl. The smallest absolute Gasteiger partial charge is 0.339 e. The van der Waals surface area contributed by atoms with E-state index in [9.17, 15) is 14.4 Å². The lowest BCUT2D eigenvalue weighted by molar-refractivity contribution is -0.121. The van der Waals surface area contributed by atoms with E-state index < -0.39 is 5.97 Å². The standard InChI is InChI=1S/C20H26ClNO4/c1-4-8-17(23)15(18(24)9-5-2)13-22-16-11-7-10-14(19(16)21)20(25)26-12-6-3/h7,10-11,13,22H,4-6,8-9,12H2,1-3H3. The molecule has 0 aromatic heterocycles. The average Bonchev–Trinajstić information content (AvgIpc) is 2.61. The van der Waals surface area contributed by atoms with Crippen LogP contribution in [0.1, 0.15) is 63.2 Å². The summed E-state index contributed by atoms with van der Waals surface area (Å²) < 4.78 is 5.10. The van der Waals surface area contributed by atoms with Crippen LogP contribution in [0.15, 0.2) is 30.0 Å². The van der Waals surface area contributed by atoms with E-state index in [2.05, 4.69) is 5.32 Å². The number of halogens is 1. The molecule has 5 nitrogen and oxygen atoms in total. The molecule has 0 saturated heterocycles. The van der Waals surface area contributed by atoms with Crippen LogP contribution in [0.2, 0.25) is 5.02 Å². The number of anilines is 1. The summed E-state index contributed by atoms with van der Waals surface area (Å²) in [4.78, 5) is 36.5. The number of nitrogens with one attached hydrogen (secondary N) is 1. The van der Waals surface area contributed by atoms with Gasteiger partial charge in [0.2, 0.25) is 0 Å². The molecule has 0 radical (unpaired) electrons. The minimum absolute atomic E-state index is 0.128. The molecular formula is C20H26ClNO4. The van der Waals surface area contributed by atoms with Gasteiger partial charge < -0.3 is 10.1 Å². The van der Waals surface area contributed by atoms with Gasteiger partial charge >= 0.3 is 5.97 Å². The maximum Gasteiger partial charge on any atom is 0.339 e. The van der Waals surface area contributed by atoms with E-state index in [1.54, 1.807) is 18.2 Å². The van der Waals surface area contributed by atoms with Crippen molar-refractivity contribution in [2.75, 3.05) is 11.9 Å². The van der Waals surface area contributed by atoms with Crippen LogP contribution in [-0.2, 0) is 14.3 Å². The van der Waals surface area contributed by atoms with Crippen LogP contribution < -0.4 is 5.32 Å². The molecule has 6 heteroatoms. The van der Waals surface area contributed by atoms with Gasteiger partial charge in [-0.05, 0) is 31.4 Å². The normalized spacial score (nSPS) is 10.2. The summed E-state index contributed by atoms with van der Waals surface area (Å²) in [5, 5.41) is 3.09. The van der Waals surface area contributed by atoms with Crippen molar-refractivity contribution in [1.82, 2.24) is 0 Å². The summed E-state index contributed by atoms with van der Waals surface area (Å²) >= 11 is 6.29. The van der Waals surface area contributed by atoms with E-state index in [4.69, 9.17) is 16.3 Å². The second-order valence-electron chi connectivity index (χ2n) is 5.85. The molecule has 1 N–H and O–H groups in total. The quantitative estimate of drug-likeness (QED) is 0.255. The number of carbonyl (C=O) groups is 3. The van der Waals surface area contributed by atoms with Crippen molar-refractivity contribution in [3.8, 4) is 0 Å². The van der Waals surface area contributed by atoms with Gasteiger partial charge in [0.05, 0.1) is 28.5 Å². The second kappa shape index (κ2) is 11.5. The van der Waals surface area contributed by atoms with Crippen molar-refractivity contribution in [1.29, 1.82) is 0 Å². The lowest BCUT2D eigenvalue weighted by Crippen LogP contribution is -2.14. The van der Waals surface area contributed by atoms with E-state index >= 15 is 0 Å². The maximum atomic E-state index is 12.2. The minimum atomic E-state index is -0.506. The Hall–Kier alpha value is -2.14. The molecule has 0 aliphatic heterocycles. The summed E-state index contributed by atoms with van der Waals surface area (Å²) in [5.41, 5.74) is 0.798. The molecule has 1 aromatic rings. The van der Waals surface area contributed by atoms with Gasteiger partial charge in [0.15, 0.2) is 11.6 Å². The fourth-order valence-corrected chi connectivity index (χ4v) is 2.52. The van der Waals surface area contributed by atoms with Crippen LogP contribution in [0.25, 0.3) is 0 Å². The summed E-state index contributed by atoms with van der Waals surface area (Å²) in [5.74, 6) is -0.907. The molecule has 26 heavy (non-hydrogen) atoms. The van der Waals surface area contributed by atoms with Gasteiger partial charge in [-0.25, -0.2) is 4.79 Å². The fraction of sp³-hybridized carbons (Fsp3) is 0.450. The highest BCUT2D eigenvalue weighted by atomic mass is 35.5. The van der Waals surface area contributed by atoms with Gasteiger partial charge in [-0.3, -0.25) is 9.59 Å². The Morgan fingerprint density at radius 2 is 1.65 bits per heavy atom. The first kappa shape index (κ1) is 21.9. The Morgan fingerprint density at radius 1 is 1.04 bits per heavy atom. The van der Waals surface area contributed by atoms with Gasteiger partial charge in [0.25, 0.3) is 0 Å². The van der Waals surface area contributed by atoms with Gasteiger partial charge in [0.1, 0.15) is 0 Å². The summed E-state index contributed by atoms with van der Waals surface area (Å²) in [6.07, 6.45) is 4.04. The molecule has 0 aliphatic carbocycles.